The molecule has 0 fully saturated rings. The second-order valence-corrected chi connectivity index (χ2v) is 4.63. The summed E-state index contributed by atoms with van der Waals surface area (Å²) in [6.07, 6.45) is 0. The minimum atomic E-state index is -1.46. The highest BCUT2D eigenvalue weighted by molar-refractivity contribution is 5.87. The Morgan fingerprint density at radius 3 is 2.68 bits per heavy atom. The van der Waals surface area contributed by atoms with Crippen LogP contribution in [0.3, 0.4) is 0 Å². The van der Waals surface area contributed by atoms with Crippen LogP contribution in [0, 0.1) is 5.82 Å². The second kappa shape index (κ2) is 3.82. The van der Waals surface area contributed by atoms with Crippen molar-refractivity contribution in [1.29, 1.82) is 0 Å². The van der Waals surface area contributed by atoms with E-state index in [-0.39, 0.29) is 5.82 Å². The average Bonchev–Trinajstić information content (AvgIpc) is 2.40. The largest absolute Gasteiger partial charge is 0.478 e. The van der Waals surface area contributed by atoms with Crippen molar-refractivity contribution < 1.29 is 19.0 Å². The Labute approximate surface area is 109 Å². The molecule has 1 aliphatic rings. The van der Waals surface area contributed by atoms with Gasteiger partial charge < -0.3 is 9.84 Å². The highest BCUT2D eigenvalue weighted by atomic mass is 19.1. The van der Waals surface area contributed by atoms with Crippen molar-refractivity contribution in [3.05, 3.63) is 53.8 Å². The van der Waals surface area contributed by atoms with Gasteiger partial charge in [0.15, 0.2) is 0 Å². The number of halogens is 1. The van der Waals surface area contributed by atoms with Crippen LogP contribution in [0.5, 0.6) is 5.75 Å². The number of benzene rings is 2. The van der Waals surface area contributed by atoms with E-state index in [1.165, 1.54) is 25.1 Å². The van der Waals surface area contributed by atoms with Crippen LogP contribution in [0.4, 0.5) is 4.39 Å². The van der Waals surface area contributed by atoms with Crippen molar-refractivity contribution in [3.63, 3.8) is 0 Å². The number of hydrogen-bond acceptors (Lipinski definition) is 2. The van der Waals surface area contributed by atoms with Crippen molar-refractivity contribution in [3.8, 4) is 16.9 Å². The Bertz CT molecular complexity index is 681. The van der Waals surface area contributed by atoms with Crippen LogP contribution >= 0.6 is 0 Å². The molecule has 3 nitrogen and oxygen atoms in total. The molecule has 1 aliphatic heterocycles. The molecule has 0 spiro atoms. The van der Waals surface area contributed by atoms with Gasteiger partial charge >= 0.3 is 5.97 Å². The Hall–Kier alpha value is -2.36. The lowest BCUT2D eigenvalue weighted by Crippen LogP contribution is -2.40. The lowest BCUT2D eigenvalue weighted by Gasteiger charge is -2.34. The van der Waals surface area contributed by atoms with Crippen LogP contribution < -0.4 is 4.74 Å². The standard InChI is InChI=1S/C15H11FO3/c1-15(14(17)18)12-5-3-2-4-10(12)11-8-9(16)6-7-13(11)19-15/h2-8H,1H3,(H,17,18). The van der Waals surface area contributed by atoms with E-state index in [1.807, 2.05) is 0 Å². The van der Waals surface area contributed by atoms with Gasteiger partial charge in [-0.3, -0.25) is 0 Å². The van der Waals surface area contributed by atoms with Gasteiger partial charge in [-0.15, -0.1) is 0 Å². The molecule has 96 valence electrons. The number of hydrogen-bond donors (Lipinski definition) is 1. The molecule has 0 bridgehead atoms. The molecule has 0 aromatic heterocycles. The maximum atomic E-state index is 13.4. The van der Waals surface area contributed by atoms with Crippen LogP contribution in [-0.2, 0) is 10.4 Å². The van der Waals surface area contributed by atoms with Gasteiger partial charge in [0.25, 0.3) is 0 Å². The van der Waals surface area contributed by atoms with Crippen molar-refractivity contribution >= 4 is 5.97 Å². The predicted octanol–water partition coefficient (Wildman–Crippen LogP) is 3.18. The SMILES string of the molecule is CC1(C(=O)O)Oc2ccc(F)cc2-c2ccccc21. The third-order valence-corrected chi connectivity index (χ3v) is 3.39. The number of fused-ring (bicyclic) bond motifs is 3. The van der Waals surface area contributed by atoms with E-state index < -0.39 is 11.6 Å². The zero-order chi connectivity index (χ0) is 13.6. The van der Waals surface area contributed by atoms with Gasteiger partial charge in [-0.1, -0.05) is 24.3 Å². The quantitative estimate of drug-likeness (QED) is 0.854. The van der Waals surface area contributed by atoms with Crippen LogP contribution in [0.2, 0.25) is 0 Å². The maximum absolute atomic E-state index is 13.4. The summed E-state index contributed by atoms with van der Waals surface area (Å²) in [5.74, 6) is -1.07. The fourth-order valence-corrected chi connectivity index (χ4v) is 2.37. The Kier molecular flexibility index (Phi) is 2.35. The van der Waals surface area contributed by atoms with Crippen LogP contribution in [0.25, 0.3) is 11.1 Å². The molecule has 0 radical (unpaired) electrons. The topological polar surface area (TPSA) is 46.5 Å². The van der Waals surface area contributed by atoms with Gasteiger partial charge in [0.05, 0.1) is 0 Å². The van der Waals surface area contributed by atoms with Crippen molar-refractivity contribution in [1.82, 2.24) is 0 Å². The zero-order valence-electron chi connectivity index (χ0n) is 10.2. The normalized spacial score (nSPS) is 20.1. The summed E-state index contributed by atoms with van der Waals surface area (Å²) in [6.45, 7) is 1.50. The van der Waals surface area contributed by atoms with Crippen molar-refractivity contribution in [2.45, 2.75) is 12.5 Å². The van der Waals surface area contributed by atoms with E-state index in [9.17, 15) is 14.3 Å². The molecule has 2 aromatic rings. The number of rotatable bonds is 1. The fourth-order valence-electron chi connectivity index (χ4n) is 2.37. The Morgan fingerprint density at radius 1 is 1.21 bits per heavy atom. The molecule has 0 saturated heterocycles. The number of carbonyl (C=O) groups is 1. The Balaban J connectivity index is 2.33. The van der Waals surface area contributed by atoms with E-state index in [2.05, 4.69) is 0 Å². The summed E-state index contributed by atoms with van der Waals surface area (Å²) in [5, 5.41) is 9.43. The molecule has 0 saturated carbocycles. The molecule has 1 heterocycles. The highest BCUT2D eigenvalue weighted by Crippen LogP contribution is 2.45. The molecule has 1 atom stereocenters. The third-order valence-electron chi connectivity index (χ3n) is 3.39. The molecule has 0 aliphatic carbocycles. The van der Waals surface area contributed by atoms with E-state index >= 15 is 0 Å². The number of carboxylic acid groups (broad SMARTS) is 1. The van der Waals surface area contributed by atoms with E-state index in [1.54, 1.807) is 24.3 Å². The molecule has 2 aromatic carbocycles. The number of carboxylic acids is 1. The summed E-state index contributed by atoms with van der Waals surface area (Å²) in [5.41, 5.74) is 0.338. The molecule has 19 heavy (non-hydrogen) atoms. The molecule has 1 unspecified atom stereocenters. The van der Waals surface area contributed by atoms with E-state index in [0.29, 0.717) is 22.4 Å². The summed E-state index contributed by atoms with van der Waals surface area (Å²) in [4.78, 5) is 11.5. The van der Waals surface area contributed by atoms with Gasteiger partial charge in [-0.2, -0.15) is 0 Å². The first-order chi connectivity index (χ1) is 9.02. The predicted molar refractivity (Wildman–Crippen MR) is 67.5 cm³/mol. The summed E-state index contributed by atoms with van der Waals surface area (Å²) >= 11 is 0. The van der Waals surface area contributed by atoms with Crippen molar-refractivity contribution in [2.24, 2.45) is 0 Å². The molecule has 1 N–H and O–H groups in total. The Morgan fingerprint density at radius 2 is 1.95 bits per heavy atom. The first-order valence-electron chi connectivity index (χ1n) is 5.84. The number of aliphatic carboxylic acids is 1. The lowest BCUT2D eigenvalue weighted by atomic mass is 9.85. The fraction of sp³-hybridized carbons (Fsp3) is 0.133. The smallest absolute Gasteiger partial charge is 0.352 e. The molecule has 3 rings (SSSR count). The van der Waals surface area contributed by atoms with Crippen molar-refractivity contribution in [2.75, 3.05) is 0 Å². The summed E-state index contributed by atoms with van der Waals surface area (Å²) in [7, 11) is 0. The first-order valence-corrected chi connectivity index (χ1v) is 5.84. The summed E-state index contributed by atoms with van der Waals surface area (Å²) in [6, 6.07) is 11.1. The second-order valence-electron chi connectivity index (χ2n) is 4.63. The van der Waals surface area contributed by atoms with Crippen LogP contribution in [0.15, 0.2) is 42.5 Å². The van der Waals surface area contributed by atoms with Gasteiger partial charge in [0, 0.05) is 11.1 Å². The van der Waals surface area contributed by atoms with E-state index in [4.69, 9.17) is 4.74 Å². The monoisotopic (exact) mass is 258 g/mol. The average molecular weight is 258 g/mol. The third kappa shape index (κ3) is 1.60. The van der Waals surface area contributed by atoms with E-state index in [0.717, 1.165) is 0 Å². The lowest BCUT2D eigenvalue weighted by molar-refractivity contribution is -0.154. The van der Waals surface area contributed by atoms with Gasteiger partial charge in [-0.05, 0) is 30.7 Å². The van der Waals surface area contributed by atoms with Gasteiger partial charge in [0.2, 0.25) is 5.60 Å². The first kappa shape index (κ1) is 11.7. The summed E-state index contributed by atoms with van der Waals surface area (Å²) < 4.78 is 19.0. The molecular weight excluding hydrogens is 247 g/mol. The molecule has 0 amide bonds. The molecular formula is C15H11FO3. The maximum Gasteiger partial charge on any atom is 0.352 e. The molecule has 4 heteroatoms. The highest BCUT2D eigenvalue weighted by Gasteiger charge is 2.43. The minimum absolute atomic E-state index is 0.379. The zero-order valence-corrected chi connectivity index (χ0v) is 10.2. The minimum Gasteiger partial charge on any atom is -0.478 e. The van der Waals surface area contributed by atoms with Gasteiger partial charge in [0.1, 0.15) is 11.6 Å². The van der Waals surface area contributed by atoms with Crippen LogP contribution in [0.1, 0.15) is 12.5 Å². The number of ether oxygens (including phenoxy) is 1. The van der Waals surface area contributed by atoms with Gasteiger partial charge in [-0.25, -0.2) is 9.18 Å². The van der Waals surface area contributed by atoms with Crippen LogP contribution in [-0.4, -0.2) is 11.1 Å².